The van der Waals surface area contributed by atoms with Gasteiger partial charge in [0.25, 0.3) is 0 Å². The average molecular weight is 243 g/mol. The second-order valence-corrected chi connectivity index (χ2v) is 4.51. The van der Waals surface area contributed by atoms with Crippen LogP contribution in [0.4, 0.5) is 0 Å². The van der Waals surface area contributed by atoms with E-state index >= 15 is 0 Å². The molecular weight excluding hydrogens is 226 g/mol. The summed E-state index contributed by atoms with van der Waals surface area (Å²) in [4.78, 5) is 11.1. The molecule has 18 heavy (non-hydrogen) atoms. The number of aromatic nitrogens is 3. The minimum absolute atomic E-state index is 0.177. The molecule has 0 bridgehead atoms. The molecular formula is C13H17N5. The zero-order valence-corrected chi connectivity index (χ0v) is 10.2. The number of hydrogen-bond donors (Lipinski definition) is 1. The van der Waals surface area contributed by atoms with E-state index in [1.165, 1.54) is 0 Å². The first-order valence-corrected chi connectivity index (χ1v) is 6.23. The first-order chi connectivity index (χ1) is 8.88. The smallest absolute Gasteiger partial charge is 0.122 e. The van der Waals surface area contributed by atoms with E-state index < -0.39 is 0 Å². The van der Waals surface area contributed by atoms with Crippen LogP contribution in [0.5, 0.6) is 0 Å². The number of rotatable bonds is 3. The second-order valence-electron chi connectivity index (χ2n) is 4.51. The highest BCUT2D eigenvalue weighted by Gasteiger charge is 2.24. The first kappa shape index (κ1) is 11.4. The fourth-order valence-corrected chi connectivity index (χ4v) is 2.49. The van der Waals surface area contributed by atoms with Gasteiger partial charge in [-0.1, -0.05) is 6.07 Å². The van der Waals surface area contributed by atoms with Crippen molar-refractivity contribution in [3.8, 4) is 0 Å². The van der Waals surface area contributed by atoms with Crippen molar-refractivity contribution in [2.45, 2.75) is 19.1 Å². The molecule has 0 aromatic carbocycles. The van der Waals surface area contributed by atoms with Crippen molar-refractivity contribution in [1.29, 1.82) is 0 Å². The van der Waals surface area contributed by atoms with Gasteiger partial charge in [0, 0.05) is 38.2 Å². The molecule has 2 N–H and O–H groups in total. The Labute approximate surface area is 106 Å². The summed E-state index contributed by atoms with van der Waals surface area (Å²) in [5, 5.41) is 0. The maximum atomic E-state index is 5.92. The average Bonchev–Trinajstić information content (AvgIpc) is 2.88. The summed E-state index contributed by atoms with van der Waals surface area (Å²) in [7, 11) is 0. The molecule has 0 fully saturated rings. The monoisotopic (exact) mass is 243 g/mol. The Morgan fingerprint density at radius 1 is 1.22 bits per heavy atom. The molecule has 3 rings (SSSR count). The van der Waals surface area contributed by atoms with Gasteiger partial charge >= 0.3 is 0 Å². The number of imidazole rings is 1. The summed E-state index contributed by atoms with van der Waals surface area (Å²) in [6, 6.07) is 6.16. The molecule has 1 aliphatic heterocycles. The van der Waals surface area contributed by atoms with Crippen LogP contribution in [0.2, 0.25) is 0 Å². The van der Waals surface area contributed by atoms with E-state index in [9.17, 15) is 0 Å². The van der Waals surface area contributed by atoms with Crippen molar-refractivity contribution in [3.05, 3.63) is 48.3 Å². The Hall–Kier alpha value is -1.72. The molecule has 0 saturated heterocycles. The Morgan fingerprint density at radius 3 is 2.94 bits per heavy atom. The van der Waals surface area contributed by atoms with Gasteiger partial charge in [-0.25, -0.2) is 4.98 Å². The molecule has 0 amide bonds. The van der Waals surface area contributed by atoms with Gasteiger partial charge in [0.15, 0.2) is 0 Å². The highest BCUT2D eigenvalue weighted by atomic mass is 15.3. The van der Waals surface area contributed by atoms with Crippen LogP contribution in [-0.2, 0) is 13.1 Å². The Balaban J connectivity index is 1.82. The summed E-state index contributed by atoms with van der Waals surface area (Å²) in [5.74, 6) is 1.11. The van der Waals surface area contributed by atoms with Crippen LogP contribution in [-0.4, -0.2) is 32.5 Å². The van der Waals surface area contributed by atoms with Gasteiger partial charge in [-0.15, -0.1) is 0 Å². The van der Waals surface area contributed by atoms with E-state index in [1.54, 1.807) is 0 Å². The predicted molar refractivity (Wildman–Crippen MR) is 68.7 cm³/mol. The number of nitrogens with zero attached hydrogens (tertiary/aromatic N) is 4. The van der Waals surface area contributed by atoms with Gasteiger partial charge in [0.05, 0.1) is 18.3 Å². The second kappa shape index (κ2) is 4.88. The molecule has 0 saturated carbocycles. The van der Waals surface area contributed by atoms with Gasteiger partial charge in [0.2, 0.25) is 0 Å². The molecule has 1 unspecified atom stereocenters. The molecule has 0 spiro atoms. The van der Waals surface area contributed by atoms with Crippen LogP contribution >= 0.6 is 0 Å². The van der Waals surface area contributed by atoms with Crippen molar-refractivity contribution < 1.29 is 0 Å². The molecule has 94 valence electrons. The fourth-order valence-electron chi connectivity index (χ4n) is 2.49. The molecule has 1 aliphatic rings. The van der Waals surface area contributed by atoms with Crippen molar-refractivity contribution in [1.82, 2.24) is 19.4 Å². The fraction of sp³-hybridized carbons (Fsp3) is 0.385. The van der Waals surface area contributed by atoms with E-state index in [4.69, 9.17) is 5.73 Å². The van der Waals surface area contributed by atoms with Crippen molar-refractivity contribution in [2.24, 2.45) is 5.73 Å². The van der Waals surface area contributed by atoms with Crippen LogP contribution in [0, 0.1) is 0 Å². The van der Waals surface area contributed by atoms with Gasteiger partial charge < -0.3 is 10.3 Å². The normalized spacial score (nSPS) is 17.4. The number of pyridine rings is 1. The third kappa shape index (κ3) is 2.02. The molecule has 0 aliphatic carbocycles. The predicted octanol–water partition coefficient (Wildman–Crippen LogP) is 0.794. The van der Waals surface area contributed by atoms with Crippen LogP contribution in [0.25, 0.3) is 0 Å². The summed E-state index contributed by atoms with van der Waals surface area (Å²) in [6.07, 6.45) is 5.71. The molecule has 3 heterocycles. The molecule has 5 nitrogen and oxygen atoms in total. The molecule has 5 heteroatoms. The van der Waals surface area contributed by atoms with Crippen LogP contribution in [0.3, 0.4) is 0 Å². The van der Waals surface area contributed by atoms with Gasteiger partial charge in [-0.3, -0.25) is 9.88 Å². The molecule has 2 aromatic rings. The first-order valence-electron chi connectivity index (χ1n) is 6.23. The lowest BCUT2D eigenvalue weighted by Gasteiger charge is -2.33. The third-order valence-electron chi connectivity index (χ3n) is 3.47. The van der Waals surface area contributed by atoms with Crippen molar-refractivity contribution >= 4 is 0 Å². The Morgan fingerprint density at radius 2 is 2.17 bits per heavy atom. The third-order valence-corrected chi connectivity index (χ3v) is 3.47. The van der Waals surface area contributed by atoms with E-state index in [2.05, 4.69) is 19.4 Å². The summed E-state index contributed by atoms with van der Waals surface area (Å²) in [5.41, 5.74) is 6.96. The van der Waals surface area contributed by atoms with Gasteiger partial charge in [-0.05, 0) is 12.1 Å². The van der Waals surface area contributed by atoms with Crippen molar-refractivity contribution in [3.63, 3.8) is 0 Å². The van der Waals surface area contributed by atoms with E-state index in [0.717, 1.165) is 31.2 Å². The largest absolute Gasteiger partial charge is 0.333 e. The minimum Gasteiger partial charge on any atom is -0.333 e. The lowest BCUT2D eigenvalue weighted by molar-refractivity contribution is 0.153. The van der Waals surface area contributed by atoms with Crippen LogP contribution < -0.4 is 5.73 Å². The highest BCUT2D eigenvalue weighted by molar-refractivity contribution is 5.10. The van der Waals surface area contributed by atoms with Gasteiger partial charge in [0.1, 0.15) is 5.82 Å². The zero-order valence-electron chi connectivity index (χ0n) is 10.2. The Kier molecular flexibility index (Phi) is 3.08. The van der Waals surface area contributed by atoms with Crippen molar-refractivity contribution in [2.75, 3.05) is 13.1 Å². The quantitative estimate of drug-likeness (QED) is 0.866. The molecule has 1 atom stereocenters. The number of hydrogen-bond acceptors (Lipinski definition) is 4. The lowest BCUT2D eigenvalue weighted by Crippen LogP contribution is -2.40. The number of nitrogens with two attached hydrogens (primary N) is 1. The SMILES string of the molecule is NCC(c1ccccn1)N1CCn2ccnc2C1. The van der Waals surface area contributed by atoms with E-state index in [-0.39, 0.29) is 6.04 Å². The summed E-state index contributed by atoms with van der Waals surface area (Å²) >= 11 is 0. The lowest BCUT2D eigenvalue weighted by atomic mass is 10.1. The topological polar surface area (TPSA) is 60.0 Å². The maximum Gasteiger partial charge on any atom is 0.122 e. The standard InChI is InChI=1S/C13H17N5/c14-9-12(11-3-1-2-4-15-11)18-8-7-17-6-5-16-13(17)10-18/h1-6,12H,7-10,14H2. The summed E-state index contributed by atoms with van der Waals surface area (Å²) in [6.45, 7) is 3.38. The zero-order chi connectivity index (χ0) is 12.4. The summed E-state index contributed by atoms with van der Waals surface area (Å²) < 4.78 is 2.20. The van der Waals surface area contributed by atoms with Crippen LogP contribution in [0.1, 0.15) is 17.6 Å². The molecule has 2 aromatic heterocycles. The molecule has 0 radical (unpaired) electrons. The van der Waals surface area contributed by atoms with E-state index in [1.807, 2.05) is 36.8 Å². The maximum absolute atomic E-state index is 5.92. The highest BCUT2D eigenvalue weighted by Crippen LogP contribution is 2.22. The van der Waals surface area contributed by atoms with Gasteiger partial charge in [-0.2, -0.15) is 0 Å². The Bertz CT molecular complexity index is 507. The van der Waals surface area contributed by atoms with Crippen LogP contribution in [0.15, 0.2) is 36.8 Å². The van der Waals surface area contributed by atoms with E-state index in [0.29, 0.717) is 6.54 Å². The number of fused-ring (bicyclic) bond motifs is 1. The minimum atomic E-state index is 0.177.